The number of ether oxygens (including phenoxy) is 2. The van der Waals surface area contributed by atoms with Crippen LogP contribution in [0, 0.1) is 0 Å². The van der Waals surface area contributed by atoms with Gasteiger partial charge in [-0.2, -0.15) is 0 Å². The topological polar surface area (TPSA) is 73.6 Å². The molecule has 1 aliphatic heterocycles. The molecule has 5 nitrogen and oxygen atoms in total. The van der Waals surface area contributed by atoms with Gasteiger partial charge in [0.2, 0.25) is 5.91 Å². The molecule has 2 aliphatic rings. The van der Waals surface area contributed by atoms with Gasteiger partial charge in [0.1, 0.15) is 6.61 Å². The number of rotatable bonds is 5. The quantitative estimate of drug-likeness (QED) is 0.754. The third-order valence-electron chi connectivity index (χ3n) is 4.01. The summed E-state index contributed by atoms with van der Waals surface area (Å²) in [7, 11) is 0. The van der Waals surface area contributed by atoms with E-state index >= 15 is 0 Å². The van der Waals surface area contributed by atoms with Crippen molar-refractivity contribution in [2.24, 2.45) is 5.73 Å². The zero-order chi connectivity index (χ0) is 12.8. The van der Waals surface area contributed by atoms with Gasteiger partial charge >= 0.3 is 0 Å². The Morgan fingerprint density at radius 2 is 2.00 bits per heavy atom. The van der Waals surface area contributed by atoms with E-state index in [1.165, 1.54) is 12.8 Å². The van der Waals surface area contributed by atoms with E-state index in [0.717, 1.165) is 25.7 Å². The van der Waals surface area contributed by atoms with E-state index < -0.39 is 0 Å². The van der Waals surface area contributed by atoms with Gasteiger partial charge < -0.3 is 20.5 Å². The molecule has 2 rings (SSSR count). The average Bonchev–Trinajstić information content (AvgIpc) is 2.90. The predicted molar refractivity (Wildman–Crippen MR) is 68.2 cm³/mol. The number of amides is 1. The first-order valence-electron chi connectivity index (χ1n) is 6.95. The number of nitrogens with two attached hydrogens (primary N) is 1. The van der Waals surface area contributed by atoms with Crippen molar-refractivity contribution >= 4 is 5.91 Å². The van der Waals surface area contributed by atoms with Gasteiger partial charge in [0.05, 0.1) is 5.60 Å². The van der Waals surface area contributed by atoms with Crippen LogP contribution in [0.25, 0.3) is 0 Å². The summed E-state index contributed by atoms with van der Waals surface area (Å²) in [5, 5.41) is 3.02. The van der Waals surface area contributed by atoms with Crippen LogP contribution in [0.4, 0.5) is 0 Å². The Hall–Kier alpha value is -0.650. The summed E-state index contributed by atoms with van der Waals surface area (Å²) < 4.78 is 11.1. The minimum absolute atomic E-state index is 0.0128. The Bertz CT molecular complexity index is 271. The number of carbonyl (C=O) groups is 1. The molecule has 1 saturated carbocycles. The minimum atomic E-state index is -0.356. The third-order valence-corrected chi connectivity index (χ3v) is 4.01. The highest BCUT2D eigenvalue weighted by molar-refractivity contribution is 5.77. The summed E-state index contributed by atoms with van der Waals surface area (Å²) in [6.07, 6.45) is 6.19. The Labute approximate surface area is 108 Å². The first-order chi connectivity index (χ1) is 8.74. The number of hydrogen-bond acceptors (Lipinski definition) is 4. The number of nitrogens with one attached hydrogen (secondary N) is 1. The van der Waals surface area contributed by atoms with Crippen LogP contribution < -0.4 is 11.1 Å². The molecule has 0 bridgehead atoms. The van der Waals surface area contributed by atoms with Crippen LogP contribution >= 0.6 is 0 Å². The Morgan fingerprint density at radius 1 is 1.33 bits per heavy atom. The van der Waals surface area contributed by atoms with Crippen molar-refractivity contribution in [1.29, 1.82) is 0 Å². The summed E-state index contributed by atoms with van der Waals surface area (Å²) in [5.74, 6) is -0.0128. The van der Waals surface area contributed by atoms with Gasteiger partial charge in [-0.3, -0.25) is 4.79 Å². The first-order valence-corrected chi connectivity index (χ1v) is 6.95. The van der Waals surface area contributed by atoms with Crippen LogP contribution in [-0.4, -0.2) is 43.9 Å². The van der Waals surface area contributed by atoms with Gasteiger partial charge in [0, 0.05) is 38.6 Å². The molecular formula is C13H24N2O3. The molecule has 0 aromatic rings. The molecule has 0 atom stereocenters. The molecule has 0 unspecified atom stereocenters. The van der Waals surface area contributed by atoms with Gasteiger partial charge in [0.15, 0.2) is 0 Å². The summed E-state index contributed by atoms with van der Waals surface area (Å²) in [5.41, 5.74) is 5.42. The second kappa shape index (κ2) is 6.50. The van der Waals surface area contributed by atoms with Gasteiger partial charge in [-0.15, -0.1) is 0 Å². The molecule has 1 aliphatic carbocycles. The molecule has 5 heteroatoms. The van der Waals surface area contributed by atoms with Crippen LogP contribution in [0.5, 0.6) is 0 Å². The van der Waals surface area contributed by atoms with Crippen molar-refractivity contribution < 1.29 is 14.3 Å². The molecule has 0 radical (unpaired) electrons. The van der Waals surface area contributed by atoms with Crippen molar-refractivity contribution in [2.75, 3.05) is 26.4 Å². The third kappa shape index (κ3) is 3.67. The van der Waals surface area contributed by atoms with Crippen molar-refractivity contribution in [3.05, 3.63) is 0 Å². The SMILES string of the molecule is NCC1(OCC(=O)NC2CCCC2)CCOCC1. The maximum atomic E-state index is 11.8. The molecule has 3 N–H and O–H groups in total. The maximum Gasteiger partial charge on any atom is 0.246 e. The van der Waals surface area contributed by atoms with Crippen LogP contribution in [0.3, 0.4) is 0 Å². The molecule has 1 saturated heterocycles. The monoisotopic (exact) mass is 256 g/mol. The lowest BCUT2D eigenvalue weighted by Crippen LogP contribution is -2.48. The van der Waals surface area contributed by atoms with E-state index in [4.69, 9.17) is 15.2 Å². The zero-order valence-corrected chi connectivity index (χ0v) is 11.0. The Morgan fingerprint density at radius 3 is 2.61 bits per heavy atom. The molecule has 1 amide bonds. The van der Waals surface area contributed by atoms with Crippen molar-refractivity contribution in [1.82, 2.24) is 5.32 Å². The second-order valence-corrected chi connectivity index (χ2v) is 5.34. The summed E-state index contributed by atoms with van der Waals surface area (Å²) in [4.78, 5) is 11.8. The fourth-order valence-electron chi connectivity index (χ4n) is 2.71. The highest BCUT2D eigenvalue weighted by Crippen LogP contribution is 2.24. The van der Waals surface area contributed by atoms with Crippen LogP contribution in [0.1, 0.15) is 38.5 Å². The lowest BCUT2D eigenvalue weighted by Gasteiger charge is -2.35. The molecule has 0 aromatic carbocycles. The maximum absolute atomic E-state index is 11.8. The van der Waals surface area contributed by atoms with Crippen molar-refractivity contribution in [3.63, 3.8) is 0 Å². The highest BCUT2D eigenvalue weighted by atomic mass is 16.5. The smallest absolute Gasteiger partial charge is 0.246 e. The van der Waals surface area contributed by atoms with Crippen molar-refractivity contribution in [2.45, 2.75) is 50.2 Å². The first kappa shape index (κ1) is 13.8. The normalized spacial score (nSPS) is 24.1. The lowest BCUT2D eigenvalue weighted by atomic mass is 9.94. The molecule has 2 fully saturated rings. The largest absolute Gasteiger partial charge is 0.381 e. The Balaban J connectivity index is 1.73. The molecular weight excluding hydrogens is 232 g/mol. The van der Waals surface area contributed by atoms with Crippen molar-refractivity contribution in [3.8, 4) is 0 Å². The average molecular weight is 256 g/mol. The number of carbonyl (C=O) groups excluding carboxylic acids is 1. The molecule has 0 aromatic heterocycles. The molecule has 18 heavy (non-hydrogen) atoms. The summed E-state index contributed by atoms with van der Waals surface area (Å²) in [6.45, 7) is 1.91. The second-order valence-electron chi connectivity index (χ2n) is 5.34. The standard InChI is InChI=1S/C13H24N2O3/c14-10-13(5-7-17-8-6-13)18-9-12(16)15-11-3-1-2-4-11/h11H,1-10,14H2,(H,15,16). The van der Waals surface area contributed by atoms with E-state index in [0.29, 0.717) is 25.8 Å². The fraction of sp³-hybridized carbons (Fsp3) is 0.923. The van der Waals surface area contributed by atoms with Crippen LogP contribution in [0.2, 0.25) is 0 Å². The number of hydrogen-bond donors (Lipinski definition) is 2. The predicted octanol–water partition coefficient (Wildman–Crippen LogP) is 0.570. The molecule has 104 valence electrons. The Kier molecular flexibility index (Phi) is 4.97. The van der Waals surface area contributed by atoms with E-state index in [-0.39, 0.29) is 18.1 Å². The summed E-state index contributed by atoms with van der Waals surface area (Å²) in [6, 6.07) is 0.351. The van der Waals surface area contributed by atoms with E-state index in [1.807, 2.05) is 0 Å². The fourth-order valence-corrected chi connectivity index (χ4v) is 2.71. The van der Waals surface area contributed by atoms with E-state index in [9.17, 15) is 4.79 Å². The van der Waals surface area contributed by atoms with Crippen LogP contribution in [0.15, 0.2) is 0 Å². The van der Waals surface area contributed by atoms with Gasteiger partial charge in [-0.05, 0) is 12.8 Å². The molecule has 0 spiro atoms. The zero-order valence-electron chi connectivity index (χ0n) is 11.0. The van der Waals surface area contributed by atoms with Crippen LogP contribution in [-0.2, 0) is 14.3 Å². The summed E-state index contributed by atoms with van der Waals surface area (Å²) >= 11 is 0. The highest BCUT2D eigenvalue weighted by Gasteiger charge is 2.33. The van der Waals surface area contributed by atoms with Gasteiger partial charge in [0.25, 0.3) is 0 Å². The minimum Gasteiger partial charge on any atom is -0.381 e. The van der Waals surface area contributed by atoms with E-state index in [1.54, 1.807) is 0 Å². The van der Waals surface area contributed by atoms with E-state index in [2.05, 4.69) is 5.32 Å². The van der Waals surface area contributed by atoms with Gasteiger partial charge in [-0.1, -0.05) is 12.8 Å². The molecule has 1 heterocycles. The van der Waals surface area contributed by atoms with Gasteiger partial charge in [-0.25, -0.2) is 0 Å². The lowest BCUT2D eigenvalue weighted by molar-refractivity contribution is -0.142.